The summed E-state index contributed by atoms with van der Waals surface area (Å²) in [6, 6.07) is 66.7. The van der Waals surface area contributed by atoms with Crippen molar-refractivity contribution in [2.75, 3.05) is 0 Å². The Labute approximate surface area is 321 Å². The fraction of sp³-hybridized carbons (Fsp3) is 0.0566. The summed E-state index contributed by atoms with van der Waals surface area (Å²) in [5.41, 5.74) is 11.7. The number of hydrogen-bond donors (Lipinski definition) is 0. The summed E-state index contributed by atoms with van der Waals surface area (Å²) in [5, 5.41) is 7.25. The van der Waals surface area contributed by atoms with E-state index in [1.165, 1.54) is 54.6 Å². The molecule has 260 valence electrons. The van der Waals surface area contributed by atoms with Gasteiger partial charge in [0.2, 0.25) is 0 Å². The Morgan fingerprint density at radius 1 is 0.509 bits per heavy atom. The van der Waals surface area contributed by atoms with E-state index in [4.69, 9.17) is 4.99 Å². The maximum atomic E-state index is 13.8. The van der Waals surface area contributed by atoms with Crippen molar-refractivity contribution in [2.45, 2.75) is 18.8 Å². The predicted octanol–water partition coefficient (Wildman–Crippen LogP) is 13.0. The second kappa shape index (κ2) is 13.2. The fourth-order valence-corrected chi connectivity index (χ4v) is 9.12. The van der Waals surface area contributed by atoms with Crippen LogP contribution in [0.5, 0.6) is 0 Å². The molecule has 1 heterocycles. The summed E-state index contributed by atoms with van der Waals surface area (Å²) in [4.78, 5) is 19.3. The highest BCUT2D eigenvalue weighted by Crippen LogP contribution is 2.47. The van der Waals surface area contributed by atoms with Crippen LogP contribution in [0.4, 0.5) is 5.69 Å². The maximum absolute atomic E-state index is 13.8. The van der Waals surface area contributed by atoms with Gasteiger partial charge in [-0.15, -0.1) is 0 Å². The lowest BCUT2D eigenvalue weighted by atomic mass is 9.67. The second-order valence-electron chi connectivity index (χ2n) is 14.6. The number of aliphatic imine (C=N–C) groups is 1. The number of hydrogen-bond acceptors (Lipinski definition) is 2. The molecule has 0 saturated carbocycles. The van der Waals surface area contributed by atoms with Crippen LogP contribution in [0.25, 0.3) is 54.6 Å². The Hall–Kier alpha value is -6.90. The van der Waals surface area contributed by atoms with Crippen molar-refractivity contribution in [3.8, 4) is 22.3 Å². The molecule has 2 bridgehead atoms. The maximum Gasteiger partial charge on any atom is 0.139 e. The topological polar surface area (TPSA) is 29.4 Å². The first-order chi connectivity index (χ1) is 27.2. The molecule has 9 aromatic rings. The van der Waals surface area contributed by atoms with Crippen LogP contribution >= 0.6 is 0 Å². The molecule has 0 fully saturated rings. The largest absolute Gasteiger partial charge is 0.302 e. The molecule has 2 heteroatoms. The van der Waals surface area contributed by atoms with Crippen LogP contribution in [0.2, 0.25) is 0 Å². The normalized spacial score (nSPS) is 16.1. The number of aldehydes is 1. The number of carbonyl (C=O) groups excluding carboxylic acids is 1. The van der Waals surface area contributed by atoms with Gasteiger partial charge in [-0.2, -0.15) is 0 Å². The zero-order valence-electron chi connectivity index (χ0n) is 30.5. The minimum atomic E-state index is -0.989. The summed E-state index contributed by atoms with van der Waals surface area (Å²) >= 11 is 0. The monoisotopic (exact) mass is 703 g/mol. The highest BCUT2D eigenvalue weighted by Gasteiger charge is 2.40. The van der Waals surface area contributed by atoms with Gasteiger partial charge < -0.3 is 4.79 Å². The zero-order chi connectivity index (χ0) is 36.9. The highest BCUT2D eigenvalue weighted by molar-refractivity contribution is 6.24. The molecular weight excluding hydrogens is 667 g/mol. The van der Waals surface area contributed by atoms with Crippen molar-refractivity contribution >= 4 is 50.0 Å². The first kappa shape index (κ1) is 32.7. The third kappa shape index (κ3) is 5.17. The van der Waals surface area contributed by atoms with Crippen LogP contribution in [0.15, 0.2) is 193 Å². The predicted molar refractivity (Wildman–Crippen MR) is 230 cm³/mol. The van der Waals surface area contributed by atoms with Gasteiger partial charge in [0, 0.05) is 6.42 Å². The molecule has 2 nitrogen and oxygen atoms in total. The van der Waals surface area contributed by atoms with Crippen LogP contribution in [0, 0.1) is 6.92 Å². The standard InChI is InChI=1S/C53H37NO/c1-35-47-28-15-29-49(35)54-50(33-38-19-9-13-27-48(38)53(47,34-55)40-21-6-3-7-22-40)39-30-31-45-46(32-39)52(42-26-14-20-36-16-8-10-23-41(36)42)44-25-12-11-24-43(44)51(45)37-17-4-2-5-18-37/h2-32,34H,33H2,1H3/b54-50+. The van der Waals surface area contributed by atoms with Crippen LogP contribution < -0.4 is 0 Å². The minimum absolute atomic E-state index is 0.560. The first-order valence-corrected chi connectivity index (χ1v) is 19.0. The molecular formula is C53H37NO. The molecule has 0 spiro atoms. The molecule has 10 rings (SSSR count). The van der Waals surface area contributed by atoms with E-state index in [2.05, 4.69) is 171 Å². The van der Waals surface area contributed by atoms with E-state index in [0.29, 0.717) is 6.42 Å². The molecule has 0 aromatic heterocycles. The molecule has 0 aliphatic carbocycles. The number of nitrogens with zero attached hydrogens (tertiary/aromatic N) is 1. The lowest BCUT2D eigenvalue weighted by molar-refractivity contribution is -0.110. The van der Waals surface area contributed by atoms with Gasteiger partial charge in [-0.25, -0.2) is 0 Å². The molecule has 0 N–H and O–H groups in total. The van der Waals surface area contributed by atoms with E-state index in [-0.39, 0.29) is 0 Å². The Morgan fingerprint density at radius 3 is 1.93 bits per heavy atom. The van der Waals surface area contributed by atoms with Gasteiger partial charge in [0.05, 0.1) is 11.4 Å². The molecule has 1 aliphatic heterocycles. The third-order valence-electron chi connectivity index (χ3n) is 11.7. The van der Waals surface area contributed by atoms with Gasteiger partial charge in [0.25, 0.3) is 0 Å². The van der Waals surface area contributed by atoms with E-state index in [1.807, 2.05) is 24.3 Å². The van der Waals surface area contributed by atoms with Crippen LogP contribution in [0.1, 0.15) is 33.4 Å². The van der Waals surface area contributed by atoms with Crippen LogP contribution in [-0.4, -0.2) is 12.0 Å². The molecule has 1 unspecified atom stereocenters. The fourth-order valence-electron chi connectivity index (χ4n) is 9.12. The van der Waals surface area contributed by atoms with E-state index in [9.17, 15) is 4.79 Å². The third-order valence-corrected chi connectivity index (χ3v) is 11.7. The van der Waals surface area contributed by atoms with Crippen molar-refractivity contribution in [2.24, 2.45) is 4.99 Å². The Morgan fingerprint density at radius 2 is 1.13 bits per heavy atom. The van der Waals surface area contributed by atoms with E-state index >= 15 is 0 Å². The van der Waals surface area contributed by atoms with Crippen molar-refractivity contribution in [3.63, 3.8) is 0 Å². The van der Waals surface area contributed by atoms with E-state index < -0.39 is 5.41 Å². The van der Waals surface area contributed by atoms with Crippen LogP contribution in [-0.2, 0) is 16.6 Å². The average Bonchev–Trinajstić information content (AvgIpc) is 3.26. The van der Waals surface area contributed by atoms with Crippen molar-refractivity contribution in [1.29, 1.82) is 0 Å². The zero-order valence-corrected chi connectivity index (χ0v) is 30.5. The van der Waals surface area contributed by atoms with Gasteiger partial charge in [-0.05, 0) is 107 Å². The van der Waals surface area contributed by atoms with Crippen molar-refractivity contribution in [1.82, 2.24) is 0 Å². The number of benzene rings is 9. The molecule has 1 atom stereocenters. The number of rotatable bonds is 5. The summed E-state index contributed by atoms with van der Waals surface area (Å²) in [5.74, 6) is 0. The minimum Gasteiger partial charge on any atom is -0.302 e. The molecule has 9 aromatic carbocycles. The van der Waals surface area contributed by atoms with Gasteiger partial charge in [0.15, 0.2) is 0 Å². The quantitative estimate of drug-likeness (QED) is 0.130. The lowest BCUT2D eigenvalue weighted by Crippen LogP contribution is -2.33. The smallest absolute Gasteiger partial charge is 0.139 e. The summed E-state index contributed by atoms with van der Waals surface area (Å²) < 4.78 is 0. The SMILES string of the molecule is Cc1c2cccc1C(C=O)(c1ccccc1)c1ccccc1C/C(c1ccc3c(-c4ccccc4)c4ccccc4c(-c4cccc5ccccc45)c3c1)=N\2. The molecule has 0 radical (unpaired) electrons. The second-order valence-corrected chi connectivity index (χ2v) is 14.6. The number of carbonyl (C=O) groups is 1. The Kier molecular flexibility index (Phi) is 7.85. The number of fused-ring (bicyclic) bond motifs is 6. The lowest BCUT2D eigenvalue weighted by Gasteiger charge is -2.33. The Balaban J connectivity index is 1.29. The molecule has 55 heavy (non-hydrogen) atoms. The van der Waals surface area contributed by atoms with Gasteiger partial charge in [0.1, 0.15) is 11.7 Å². The van der Waals surface area contributed by atoms with Crippen molar-refractivity contribution in [3.05, 3.63) is 221 Å². The summed E-state index contributed by atoms with van der Waals surface area (Å²) in [6.07, 6.45) is 1.70. The van der Waals surface area contributed by atoms with Crippen molar-refractivity contribution < 1.29 is 4.79 Å². The molecule has 1 aliphatic rings. The highest BCUT2D eigenvalue weighted by atomic mass is 16.1. The van der Waals surface area contributed by atoms with E-state index in [1.54, 1.807) is 0 Å². The van der Waals surface area contributed by atoms with Gasteiger partial charge in [-0.3, -0.25) is 4.99 Å². The van der Waals surface area contributed by atoms with E-state index in [0.717, 1.165) is 51.1 Å². The summed E-state index contributed by atoms with van der Waals surface area (Å²) in [7, 11) is 0. The Bertz CT molecular complexity index is 2970. The molecule has 0 amide bonds. The van der Waals surface area contributed by atoms with Crippen LogP contribution in [0.3, 0.4) is 0 Å². The summed E-state index contributed by atoms with van der Waals surface area (Å²) in [6.45, 7) is 2.11. The van der Waals surface area contributed by atoms with Gasteiger partial charge in [-0.1, -0.05) is 176 Å². The average molecular weight is 704 g/mol. The first-order valence-electron chi connectivity index (χ1n) is 19.0. The molecule has 0 saturated heterocycles. The van der Waals surface area contributed by atoms with Gasteiger partial charge >= 0.3 is 0 Å².